The Bertz CT molecular complexity index is 1380. The van der Waals surface area contributed by atoms with Crippen molar-refractivity contribution in [3.63, 3.8) is 0 Å². The molecule has 0 aliphatic carbocycles. The lowest BCUT2D eigenvalue weighted by molar-refractivity contribution is 0.454. The molecule has 0 atom stereocenters. The predicted octanol–water partition coefficient (Wildman–Crippen LogP) is 4.17. The third-order valence-corrected chi connectivity index (χ3v) is 5.96. The van der Waals surface area contributed by atoms with Gasteiger partial charge in [0.25, 0.3) is 0 Å². The van der Waals surface area contributed by atoms with E-state index in [1.54, 1.807) is 18.3 Å². The number of aromatic nitrogens is 6. The monoisotopic (exact) mass is 413 g/mol. The van der Waals surface area contributed by atoms with Crippen LogP contribution in [0.25, 0.3) is 44.8 Å². The number of nitrogens with one attached hydrogen (secondary N) is 3. The highest BCUT2D eigenvalue weighted by Gasteiger charge is 2.20. The molecule has 1 aliphatic heterocycles. The minimum absolute atomic E-state index is 0.266. The predicted molar refractivity (Wildman–Crippen MR) is 117 cm³/mol. The molecule has 1 aliphatic rings. The molecule has 0 amide bonds. The van der Waals surface area contributed by atoms with Crippen LogP contribution in [0, 0.1) is 5.82 Å². The van der Waals surface area contributed by atoms with Gasteiger partial charge in [0, 0.05) is 23.4 Å². The van der Waals surface area contributed by atoms with E-state index in [0.717, 1.165) is 59.3 Å². The van der Waals surface area contributed by atoms with Gasteiger partial charge in [0.2, 0.25) is 0 Å². The number of fused-ring (bicyclic) bond motifs is 2. The van der Waals surface area contributed by atoms with Crippen molar-refractivity contribution >= 4 is 22.2 Å². The van der Waals surface area contributed by atoms with Crippen LogP contribution < -0.4 is 5.32 Å². The summed E-state index contributed by atoms with van der Waals surface area (Å²) in [5.74, 6) is 0.798. The molecule has 0 saturated carbocycles. The van der Waals surface area contributed by atoms with E-state index < -0.39 is 0 Å². The van der Waals surface area contributed by atoms with Crippen LogP contribution in [0.1, 0.15) is 24.5 Å². The number of rotatable bonds is 3. The summed E-state index contributed by atoms with van der Waals surface area (Å²) in [4.78, 5) is 17.4. The molecule has 1 saturated heterocycles. The van der Waals surface area contributed by atoms with Gasteiger partial charge in [-0.3, -0.25) is 5.10 Å². The quantitative estimate of drug-likeness (QED) is 0.413. The zero-order valence-corrected chi connectivity index (χ0v) is 16.7. The fraction of sp³-hybridized carbons (Fsp3) is 0.217. The zero-order valence-electron chi connectivity index (χ0n) is 16.7. The topological polar surface area (TPSA) is 95.2 Å². The van der Waals surface area contributed by atoms with Crippen molar-refractivity contribution in [1.82, 2.24) is 35.5 Å². The second-order valence-corrected chi connectivity index (χ2v) is 7.88. The molecule has 31 heavy (non-hydrogen) atoms. The fourth-order valence-electron chi connectivity index (χ4n) is 4.32. The third-order valence-electron chi connectivity index (χ3n) is 5.96. The maximum atomic E-state index is 13.4. The summed E-state index contributed by atoms with van der Waals surface area (Å²) < 4.78 is 13.4. The lowest BCUT2D eigenvalue weighted by atomic mass is 9.94. The van der Waals surface area contributed by atoms with Crippen LogP contribution >= 0.6 is 0 Å². The molecular weight excluding hydrogens is 393 g/mol. The van der Waals surface area contributed by atoms with Crippen LogP contribution in [0.2, 0.25) is 0 Å². The van der Waals surface area contributed by atoms with Gasteiger partial charge in [0.05, 0.1) is 11.0 Å². The van der Waals surface area contributed by atoms with Crippen LogP contribution in [0.15, 0.2) is 48.7 Å². The lowest BCUT2D eigenvalue weighted by Crippen LogP contribution is -2.27. The summed E-state index contributed by atoms with van der Waals surface area (Å²) in [5, 5.41) is 11.0. The number of hydrogen-bond acceptors (Lipinski definition) is 5. The summed E-state index contributed by atoms with van der Waals surface area (Å²) in [6.45, 7) is 2.04. The first-order valence-corrected chi connectivity index (χ1v) is 10.4. The number of benzene rings is 1. The Hall–Kier alpha value is -3.65. The highest BCUT2D eigenvalue weighted by Crippen LogP contribution is 2.31. The van der Waals surface area contributed by atoms with Gasteiger partial charge in [-0.25, -0.2) is 19.3 Å². The van der Waals surface area contributed by atoms with E-state index in [-0.39, 0.29) is 5.82 Å². The molecule has 5 aromatic rings. The molecular formula is C23H20FN7. The number of H-pyrrole nitrogens is 2. The molecule has 4 aromatic heterocycles. The first-order valence-electron chi connectivity index (χ1n) is 10.4. The van der Waals surface area contributed by atoms with Gasteiger partial charge in [0.1, 0.15) is 11.3 Å². The van der Waals surface area contributed by atoms with Crippen LogP contribution in [0.5, 0.6) is 0 Å². The average Bonchev–Trinajstić information content (AvgIpc) is 3.43. The van der Waals surface area contributed by atoms with E-state index in [1.807, 2.05) is 12.1 Å². The van der Waals surface area contributed by atoms with Gasteiger partial charge in [-0.2, -0.15) is 5.10 Å². The minimum atomic E-state index is -0.266. The van der Waals surface area contributed by atoms with Crippen LogP contribution in [0.3, 0.4) is 0 Å². The SMILES string of the molecule is Fc1ccc(-c2ccnc3nc(-c4n[nH]c5ccc(C6CCNCC6)nc45)[nH]c23)cc1. The normalized spacial score (nSPS) is 15.1. The van der Waals surface area contributed by atoms with E-state index in [9.17, 15) is 4.39 Å². The number of nitrogens with zero attached hydrogens (tertiary/aromatic N) is 4. The maximum absolute atomic E-state index is 13.4. The van der Waals surface area contributed by atoms with Crippen LogP contribution in [-0.4, -0.2) is 43.2 Å². The first kappa shape index (κ1) is 18.1. The smallest absolute Gasteiger partial charge is 0.178 e. The molecule has 0 bridgehead atoms. The molecule has 3 N–H and O–H groups in total. The highest BCUT2D eigenvalue weighted by molar-refractivity contribution is 5.94. The number of aromatic amines is 2. The lowest BCUT2D eigenvalue weighted by Gasteiger charge is -2.22. The summed E-state index contributed by atoms with van der Waals surface area (Å²) in [6.07, 6.45) is 3.88. The summed E-state index contributed by atoms with van der Waals surface area (Å²) in [5.41, 5.74) is 6.62. The standard InChI is InChI=1S/C23H20FN7/c24-15-3-1-13(2-4-15)16-9-12-26-22-19(16)28-23(29-22)21-20-18(30-31-21)6-5-17(27-20)14-7-10-25-11-8-14/h1-6,9,12,14,25H,7-8,10-11H2,(H,30,31)(H,26,28,29). The molecule has 8 heteroatoms. The molecule has 6 rings (SSSR count). The number of piperidine rings is 1. The van der Waals surface area contributed by atoms with Crippen molar-refractivity contribution in [2.75, 3.05) is 13.1 Å². The van der Waals surface area contributed by atoms with Crippen molar-refractivity contribution < 1.29 is 4.39 Å². The molecule has 0 unspecified atom stereocenters. The Morgan fingerprint density at radius 3 is 2.61 bits per heavy atom. The van der Waals surface area contributed by atoms with Gasteiger partial charge in [0.15, 0.2) is 17.2 Å². The number of halogens is 1. The Morgan fingerprint density at radius 1 is 0.935 bits per heavy atom. The fourth-order valence-corrected chi connectivity index (χ4v) is 4.32. The second kappa shape index (κ2) is 7.24. The molecule has 7 nitrogen and oxygen atoms in total. The van der Waals surface area contributed by atoms with Crippen molar-refractivity contribution in [2.24, 2.45) is 0 Å². The number of pyridine rings is 2. The van der Waals surface area contributed by atoms with Gasteiger partial charge in [-0.1, -0.05) is 12.1 Å². The van der Waals surface area contributed by atoms with Crippen molar-refractivity contribution in [3.8, 4) is 22.6 Å². The summed E-state index contributed by atoms with van der Waals surface area (Å²) in [7, 11) is 0. The van der Waals surface area contributed by atoms with Gasteiger partial charge < -0.3 is 10.3 Å². The number of hydrogen-bond donors (Lipinski definition) is 3. The van der Waals surface area contributed by atoms with Crippen molar-refractivity contribution in [1.29, 1.82) is 0 Å². The van der Waals surface area contributed by atoms with Gasteiger partial charge in [-0.05, 0) is 61.8 Å². The summed E-state index contributed by atoms with van der Waals surface area (Å²) in [6, 6.07) is 12.4. The zero-order chi connectivity index (χ0) is 20.8. The van der Waals surface area contributed by atoms with Crippen molar-refractivity contribution in [2.45, 2.75) is 18.8 Å². The maximum Gasteiger partial charge on any atom is 0.178 e. The van der Waals surface area contributed by atoms with E-state index >= 15 is 0 Å². The van der Waals surface area contributed by atoms with E-state index in [2.05, 4.69) is 36.5 Å². The molecule has 1 aromatic carbocycles. The average molecular weight is 413 g/mol. The summed E-state index contributed by atoms with van der Waals surface area (Å²) >= 11 is 0. The Morgan fingerprint density at radius 2 is 1.77 bits per heavy atom. The van der Waals surface area contributed by atoms with E-state index in [1.165, 1.54) is 12.1 Å². The second-order valence-electron chi connectivity index (χ2n) is 7.88. The van der Waals surface area contributed by atoms with E-state index in [4.69, 9.17) is 4.98 Å². The highest BCUT2D eigenvalue weighted by atomic mass is 19.1. The Labute approximate surface area is 177 Å². The first-order chi connectivity index (χ1) is 15.3. The van der Waals surface area contributed by atoms with E-state index in [0.29, 0.717) is 23.1 Å². The van der Waals surface area contributed by atoms with Crippen molar-refractivity contribution in [3.05, 3.63) is 60.2 Å². The van der Waals surface area contributed by atoms with Crippen LogP contribution in [-0.2, 0) is 0 Å². The molecule has 0 spiro atoms. The molecule has 1 fully saturated rings. The Balaban J connectivity index is 1.46. The Kier molecular flexibility index (Phi) is 4.24. The van der Waals surface area contributed by atoms with Gasteiger partial charge in [-0.15, -0.1) is 0 Å². The molecule has 5 heterocycles. The van der Waals surface area contributed by atoms with Crippen LogP contribution in [0.4, 0.5) is 4.39 Å². The third kappa shape index (κ3) is 3.16. The largest absolute Gasteiger partial charge is 0.335 e. The number of imidazole rings is 1. The van der Waals surface area contributed by atoms with Gasteiger partial charge >= 0.3 is 0 Å². The molecule has 154 valence electrons. The minimum Gasteiger partial charge on any atom is -0.335 e. The molecule has 0 radical (unpaired) electrons.